The van der Waals surface area contributed by atoms with Crippen molar-refractivity contribution in [2.75, 3.05) is 47.1 Å². The summed E-state index contributed by atoms with van der Waals surface area (Å²) in [5.41, 5.74) is 0.791. The number of halogens is 1. The molecule has 0 aromatic carbocycles. The summed E-state index contributed by atoms with van der Waals surface area (Å²) in [5, 5.41) is 6.99. The molecule has 0 saturated heterocycles. The fourth-order valence-corrected chi connectivity index (χ4v) is 3.80. The number of hydrogen-bond acceptors (Lipinski definition) is 3. The first-order chi connectivity index (χ1) is 11.7. The van der Waals surface area contributed by atoms with E-state index in [1.165, 1.54) is 38.5 Å². The van der Waals surface area contributed by atoms with Crippen molar-refractivity contribution in [2.45, 2.75) is 58.3 Å². The summed E-state index contributed by atoms with van der Waals surface area (Å²) in [6.07, 6.45) is 10.1. The van der Waals surface area contributed by atoms with E-state index in [1.807, 2.05) is 0 Å². The molecule has 0 heterocycles. The highest BCUT2D eigenvalue weighted by atomic mass is 127. The van der Waals surface area contributed by atoms with Crippen molar-refractivity contribution in [2.24, 2.45) is 15.8 Å². The maximum atomic E-state index is 5.33. The predicted molar refractivity (Wildman–Crippen MR) is 115 cm³/mol. The van der Waals surface area contributed by atoms with Crippen LogP contribution in [0.2, 0.25) is 0 Å². The topological polar surface area (TPSA) is 54.9 Å². The highest BCUT2D eigenvalue weighted by molar-refractivity contribution is 14.0. The predicted octanol–water partition coefficient (Wildman–Crippen LogP) is 3.57. The molecule has 0 aliphatic heterocycles. The third-order valence-electron chi connectivity index (χ3n) is 5.84. The highest BCUT2D eigenvalue weighted by Gasteiger charge is 2.42. The van der Waals surface area contributed by atoms with E-state index in [2.05, 4.69) is 17.6 Å². The van der Waals surface area contributed by atoms with Gasteiger partial charge in [-0.1, -0.05) is 12.8 Å². The van der Waals surface area contributed by atoms with Crippen LogP contribution in [0.4, 0.5) is 0 Å². The van der Waals surface area contributed by atoms with Crippen LogP contribution in [0.1, 0.15) is 58.3 Å². The fourth-order valence-electron chi connectivity index (χ4n) is 3.80. The van der Waals surface area contributed by atoms with Gasteiger partial charge in [-0.3, -0.25) is 4.99 Å². The molecule has 0 aromatic heterocycles. The van der Waals surface area contributed by atoms with Crippen molar-refractivity contribution < 1.29 is 9.47 Å². The summed E-state index contributed by atoms with van der Waals surface area (Å²) in [7, 11) is 3.59. The lowest BCUT2D eigenvalue weighted by molar-refractivity contribution is 0.141. The molecule has 25 heavy (non-hydrogen) atoms. The van der Waals surface area contributed by atoms with Crippen molar-refractivity contribution in [1.29, 1.82) is 0 Å². The number of aliphatic imine (C=N–C) groups is 1. The van der Waals surface area contributed by atoms with E-state index in [9.17, 15) is 0 Å². The van der Waals surface area contributed by atoms with Gasteiger partial charge in [0.1, 0.15) is 0 Å². The van der Waals surface area contributed by atoms with E-state index in [-0.39, 0.29) is 24.0 Å². The van der Waals surface area contributed by atoms with Gasteiger partial charge >= 0.3 is 0 Å². The Morgan fingerprint density at radius 1 is 0.920 bits per heavy atom. The second-order valence-corrected chi connectivity index (χ2v) is 7.74. The zero-order valence-corrected chi connectivity index (χ0v) is 18.7. The number of hydrogen-bond donors (Lipinski definition) is 2. The van der Waals surface area contributed by atoms with E-state index in [1.54, 1.807) is 14.2 Å². The molecule has 2 fully saturated rings. The first kappa shape index (κ1) is 23.0. The van der Waals surface area contributed by atoms with Gasteiger partial charge in [0.05, 0.1) is 0 Å². The first-order valence-corrected chi connectivity index (χ1v) is 9.68. The molecule has 2 aliphatic rings. The lowest BCUT2D eigenvalue weighted by Gasteiger charge is -2.27. The summed E-state index contributed by atoms with van der Waals surface area (Å²) < 4.78 is 10.6. The summed E-state index contributed by atoms with van der Waals surface area (Å²) in [6.45, 7) is 6.66. The average molecular weight is 467 g/mol. The summed E-state index contributed by atoms with van der Waals surface area (Å²) in [6, 6.07) is 0. The van der Waals surface area contributed by atoms with Crippen LogP contribution in [0, 0.1) is 10.8 Å². The maximum absolute atomic E-state index is 5.33. The van der Waals surface area contributed by atoms with E-state index < -0.39 is 0 Å². The van der Waals surface area contributed by atoms with Gasteiger partial charge in [0, 0.05) is 47.1 Å². The third-order valence-corrected chi connectivity index (χ3v) is 5.84. The van der Waals surface area contributed by atoms with Gasteiger partial charge in [0.15, 0.2) is 5.96 Å². The van der Waals surface area contributed by atoms with Crippen molar-refractivity contribution in [3.05, 3.63) is 0 Å². The molecule has 0 spiro atoms. The SMILES string of the molecule is CCNC(=NCC1(CCOC)CCCC1)NCC1(CCOC)CC1.I. The molecule has 0 bridgehead atoms. The van der Waals surface area contributed by atoms with Gasteiger partial charge in [-0.15, -0.1) is 24.0 Å². The van der Waals surface area contributed by atoms with Crippen molar-refractivity contribution in [1.82, 2.24) is 10.6 Å². The maximum Gasteiger partial charge on any atom is 0.191 e. The third kappa shape index (κ3) is 7.59. The minimum absolute atomic E-state index is 0. The molecule has 5 nitrogen and oxygen atoms in total. The molecule has 0 aromatic rings. The Kier molecular flexibility index (Phi) is 10.6. The highest BCUT2D eigenvalue weighted by Crippen LogP contribution is 2.48. The van der Waals surface area contributed by atoms with E-state index >= 15 is 0 Å². The van der Waals surface area contributed by atoms with Crippen LogP contribution in [0.25, 0.3) is 0 Å². The molecule has 0 atom stereocenters. The van der Waals surface area contributed by atoms with E-state index in [0.29, 0.717) is 10.8 Å². The van der Waals surface area contributed by atoms with Gasteiger partial charge < -0.3 is 20.1 Å². The van der Waals surface area contributed by atoms with Gasteiger partial charge in [0.2, 0.25) is 0 Å². The molecular formula is C19H38IN3O2. The Bertz CT molecular complexity index is 394. The quantitative estimate of drug-likeness (QED) is 0.277. The smallest absolute Gasteiger partial charge is 0.191 e. The molecule has 0 unspecified atom stereocenters. The number of methoxy groups -OCH3 is 2. The van der Waals surface area contributed by atoms with Crippen LogP contribution in [-0.4, -0.2) is 53.0 Å². The average Bonchev–Trinajstić information content (AvgIpc) is 3.22. The summed E-state index contributed by atoms with van der Waals surface area (Å²) >= 11 is 0. The van der Waals surface area contributed by atoms with Crippen LogP contribution >= 0.6 is 24.0 Å². The van der Waals surface area contributed by atoms with Crippen LogP contribution < -0.4 is 10.6 Å². The molecule has 0 amide bonds. The van der Waals surface area contributed by atoms with Gasteiger partial charge in [-0.05, 0) is 56.3 Å². The van der Waals surface area contributed by atoms with Gasteiger partial charge in [-0.2, -0.15) is 0 Å². The second-order valence-electron chi connectivity index (χ2n) is 7.74. The molecule has 148 valence electrons. The lowest BCUT2D eigenvalue weighted by atomic mass is 9.83. The number of guanidine groups is 1. The standard InChI is InChI=1S/C19H37N3O2.HI/c1-4-20-17(22-16-19(9-10-19)12-14-24-3)21-15-18(11-13-23-2)7-5-6-8-18;/h4-16H2,1-3H3,(H2,20,21,22);1H. The van der Waals surface area contributed by atoms with Crippen molar-refractivity contribution >= 4 is 29.9 Å². The molecule has 0 radical (unpaired) electrons. The molecule has 2 rings (SSSR count). The molecule has 2 aliphatic carbocycles. The van der Waals surface area contributed by atoms with Crippen LogP contribution in [-0.2, 0) is 9.47 Å². The van der Waals surface area contributed by atoms with Crippen LogP contribution in [0.5, 0.6) is 0 Å². The molecule has 2 N–H and O–H groups in total. The fraction of sp³-hybridized carbons (Fsp3) is 0.947. The Balaban J connectivity index is 0.00000312. The summed E-state index contributed by atoms with van der Waals surface area (Å²) in [5.74, 6) is 0.977. The second kappa shape index (κ2) is 11.6. The number of ether oxygens (including phenoxy) is 2. The number of rotatable bonds is 11. The van der Waals surface area contributed by atoms with Gasteiger partial charge in [-0.25, -0.2) is 0 Å². The van der Waals surface area contributed by atoms with Crippen molar-refractivity contribution in [3.8, 4) is 0 Å². The lowest BCUT2D eigenvalue weighted by Crippen LogP contribution is -2.41. The monoisotopic (exact) mass is 467 g/mol. The minimum atomic E-state index is 0. The molecule has 2 saturated carbocycles. The summed E-state index contributed by atoms with van der Waals surface area (Å²) in [4.78, 5) is 4.94. The normalized spacial score (nSPS) is 20.8. The van der Waals surface area contributed by atoms with Crippen LogP contribution in [0.3, 0.4) is 0 Å². The van der Waals surface area contributed by atoms with E-state index in [0.717, 1.165) is 51.6 Å². The number of nitrogens with one attached hydrogen (secondary N) is 2. The number of nitrogens with zero attached hydrogens (tertiary/aromatic N) is 1. The Hall–Kier alpha value is -0.0800. The van der Waals surface area contributed by atoms with Crippen LogP contribution in [0.15, 0.2) is 4.99 Å². The Labute approximate surface area is 171 Å². The largest absolute Gasteiger partial charge is 0.385 e. The van der Waals surface area contributed by atoms with Crippen molar-refractivity contribution in [3.63, 3.8) is 0 Å². The first-order valence-electron chi connectivity index (χ1n) is 9.68. The zero-order valence-electron chi connectivity index (χ0n) is 16.4. The Morgan fingerprint density at radius 3 is 2.04 bits per heavy atom. The minimum Gasteiger partial charge on any atom is -0.385 e. The van der Waals surface area contributed by atoms with E-state index in [4.69, 9.17) is 14.5 Å². The Morgan fingerprint density at radius 2 is 1.52 bits per heavy atom. The molecular weight excluding hydrogens is 429 g/mol. The molecule has 6 heteroatoms. The zero-order chi connectivity index (χ0) is 17.3. The van der Waals surface area contributed by atoms with Gasteiger partial charge in [0.25, 0.3) is 0 Å².